The van der Waals surface area contributed by atoms with Crippen molar-refractivity contribution in [3.8, 4) is 5.75 Å². The van der Waals surface area contributed by atoms with Gasteiger partial charge in [0.05, 0.1) is 26.4 Å². The summed E-state index contributed by atoms with van der Waals surface area (Å²) in [6.07, 6.45) is 1.92. The molecule has 7 nitrogen and oxygen atoms in total. The molecule has 0 aliphatic carbocycles. The van der Waals surface area contributed by atoms with Gasteiger partial charge in [0.2, 0.25) is 0 Å². The Balaban J connectivity index is 1.60. The molecule has 0 bridgehead atoms. The van der Waals surface area contributed by atoms with Crippen LogP contribution in [-0.4, -0.2) is 68.5 Å². The number of benzene rings is 2. The maximum atomic E-state index is 13.2. The van der Waals surface area contributed by atoms with E-state index in [1.54, 1.807) is 12.0 Å². The lowest BCUT2D eigenvalue weighted by molar-refractivity contribution is 0.0544. The van der Waals surface area contributed by atoms with Gasteiger partial charge in [-0.15, -0.1) is 11.6 Å². The van der Waals surface area contributed by atoms with Gasteiger partial charge in [0.25, 0.3) is 0 Å². The third-order valence-corrected chi connectivity index (χ3v) is 6.68. The van der Waals surface area contributed by atoms with Crippen LogP contribution in [0.5, 0.6) is 5.75 Å². The first-order chi connectivity index (χ1) is 17.6. The second-order valence-corrected chi connectivity index (χ2v) is 9.40. The molecular formula is C27H32Cl2N2O5. The maximum absolute atomic E-state index is 13.2. The van der Waals surface area contributed by atoms with Crippen LogP contribution < -0.4 is 4.74 Å². The van der Waals surface area contributed by atoms with Gasteiger partial charge in [-0.1, -0.05) is 23.7 Å². The lowest BCUT2D eigenvalue weighted by atomic mass is 9.98. The molecule has 1 aliphatic heterocycles. The van der Waals surface area contributed by atoms with E-state index in [0.29, 0.717) is 56.9 Å². The Morgan fingerprint density at radius 3 is 2.67 bits per heavy atom. The molecule has 1 atom stereocenters. The molecule has 1 unspecified atom stereocenters. The van der Waals surface area contributed by atoms with Gasteiger partial charge < -0.3 is 23.9 Å². The molecule has 4 rings (SSSR count). The molecule has 194 valence electrons. The number of amides is 1. The minimum Gasteiger partial charge on any atom is -0.491 e. The van der Waals surface area contributed by atoms with E-state index in [-0.39, 0.29) is 12.1 Å². The second kappa shape index (κ2) is 13.2. The SMILES string of the molecule is COCCOCCOc1ccc(C2c3[nH]c4ccc(Cl)cc4c3CCCN2C(=O)OCCCCl)cc1. The number of aromatic amines is 1. The average Bonchev–Trinajstić information content (AvgIpc) is 3.11. The van der Waals surface area contributed by atoms with Gasteiger partial charge >= 0.3 is 6.09 Å². The summed E-state index contributed by atoms with van der Waals surface area (Å²) < 4.78 is 21.8. The zero-order valence-electron chi connectivity index (χ0n) is 20.4. The summed E-state index contributed by atoms with van der Waals surface area (Å²) in [5, 5.41) is 1.78. The number of nitrogens with zero attached hydrogens (tertiary/aromatic N) is 1. The molecule has 0 radical (unpaired) electrons. The fourth-order valence-electron chi connectivity index (χ4n) is 4.50. The summed E-state index contributed by atoms with van der Waals surface area (Å²) in [4.78, 5) is 18.6. The van der Waals surface area contributed by atoms with Crippen LogP contribution in [0.15, 0.2) is 42.5 Å². The Morgan fingerprint density at radius 1 is 1.08 bits per heavy atom. The molecular weight excluding hydrogens is 503 g/mol. The molecule has 36 heavy (non-hydrogen) atoms. The molecule has 0 saturated carbocycles. The molecule has 1 aromatic heterocycles. The highest BCUT2D eigenvalue weighted by Crippen LogP contribution is 2.39. The zero-order valence-corrected chi connectivity index (χ0v) is 21.9. The summed E-state index contributed by atoms with van der Waals surface area (Å²) in [6, 6.07) is 13.4. The van der Waals surface area contributed by atoms with E-state index in [9.17, 15) is 4.79 Å². The lowest BCUT2D eigenvalue weighted by Crippen LogP contribution is -2.36. The number of carbonyl (C=O) groups is 1. The number of H-pyrrole nitrogens is 1. The number of fused-ring (bicyclic) bond motifs is 3. The van der Waals surface area contributed by atoms with Crippen molar-refractivity contribution in [1.82, 2.24) is 9.88 Å². The Hall–Kier alpha value is -2.45. The molecule has 1 aliphatic rings. The molecule has 9 heteroatoms. The van der Waals surface area contributed by atoms with Crippen molar-refractivity contribution in [1.29, 1.82) is 0 Å². The van der Waals surface area contributed by atoms with E-state index in [2.05, 4.69) is 4.98 Å². The third kappa shape index (κ3) is 6.45. The number of ether oxygens (including phenoxy) is 4. The van der Waals surface area contributed by atoms with Gasteiger partial charge in [0, 0.05) is 41.2 Å². The minimum atomic E-state index is -0.344. The van der Waals surface area contributed by atoms with E-state index >= 15 is 0 Å². The highest BCUT2D eigenvalue weighted by atomic mass is 35.5. The predicted molar refractivity (Wildman–Crippen MR) is 141 cm³/mol. The van der Waals surface area contributed by atoms with Crippen molar-refractivity contribution in [3.63, 3.8) is 0 Å². The first kappa shape index (κ1) is 26.6. The zero-order chi connectivity index (χ0) is 25.3. The molecule has 0 saturated heterocycles. The quantitative estimate of drug-likeness (QED) is 0.242. The largest absolute Gasteiger partial charge is 0.491 e. The number of nitrogens with one attached hydrogen (secondary N) is 1. The normalized spacial score (nSPS) is 15.5. The number of methoxy groups -OCH3 is 1. The molecule has 1 amide bonds. The molecule has 3 aromatic rings. The van der Waals surface area contributed by atoms with Crippen LogP contribution in [-0.2, 0) is 20.6 Å². The van der Waals surface area contributed by atoms with Crippen LogP contribution in [0.4, 0.5) is 4.79 Å². The van der Waals surface area contributed by atoms with Gasteiger partial charge in [-0.25, -0.2) is 4.79 Å². The van der Waals surface area contributed by atoms with Crippen LogP contribution in [0, 0.1) is 0 Å². The topological polar surface area (TPSA) is 73.0 Å². The summed E-state index contributed by atoms with van der Waals surface area (Å²) in [7, 11) is 1.64. The van der Waals surface area contributed by atoms with Crippen LogP contribution >= 0.6 is 23.2 Å². The Bertz CT molecular complexity index is 1140. The second-order valence-electron chi connectivity index (χ2n) is 8.59. The maximum Gasteiger partial charge on any atom is 0.410 e. The smallest absolute Gasteiger partial charge is 0.410 e. The Labute approximate surface area is 221 Å². The number of alkyl halides is 1. The third-order valence-electron chi connectivity index (χ3n) is 6.17. The fourth-order valence-corrected chi connectivity index (χ4v) is 4.79. The number of carbonyl (C=O) groups excluding carboxylic acids is 1. The minimum absolute atomic E-state index is 0.292. The molecule has 0 spiro atoms. The molecule has 2 aromatic carbocycles. The Morgan fingerprint density at radius 2 is 1.89 bits per heavy atom. The molecule has 0 fully saturated rings. The first-order valence-corrected chi connectivity index (χ1v) is 13.1. The summed E-state index contributed by atoms with van der Waals surface area (Å²) >= 11 is 12.1. The van der Waals surface area contributed by atoms with Crippen LogP contribution in [0.1, 0.15) is 35.7 Å². The monoisotopic (exact) mass is 534 g/mol. The number of aryl methyl sites for hydroxylation is 1. The lowest BCUT2D eigenvalue weighted by Gasteiger charge is -2.30. The number of hydrogen-bond acceptors (Lipinski definition) is 5. The average molecular weight is 535 g/mol. The summed E-state index contributed by atoms with van der Waals surface area (Å²) in [5.74, 6) is 1.19. The van der Waals surface area contributed by atoms with Crippen molar-refractivity contribution in [2.45, 2.75) is 25.3 Å². The highest BCUT2D eigenvalue weighted by Gasteiger charge is 2.33. The van der Waals surface area contributed by atoms with Crippen molar-refractivity contribution in [2.75, 3.05) is 52.6 Å². The first-order valence-electron chi connectivity index (χ1n) is 12.2. The van der Waals surface area contributed by atoms with Gasteiger partial charge in [0.1, 0.15) is 18.4 Å². The molecule has 2 heterocycles. The van der Waals surface area contributed by atoms with Gasteiger partial charge in [-0.05, 0) is 60.7 Å². The van der Waals surface area contributed by atoms with Crippen LogP contribution in [0.3, 0.4) is 0 Å². The van der Waals surface area contributed by atoms with Gasteiger partial charge in [-0.2, -0.15) is 0 Å². The highest BCUT2D eigenvalue weighted by molar-refractivity contribution is 6.31. The number of aromatic nitrogens is 1. The number of halogens is 2. The van der Waals surface area contributed by atoms with E-state index in [4.69, 9.17) is 42.1 Å². The number of hydrogen-bond donors (Lipinski definition) is 1. The fraction of sp³-hybridized carbons (Fsp3) is 0.444. The molecule has 1 N–H and O–H groups in total. The van der Waals surface area contributed by atoms with E-state index in [1.807, 2.05) is 42.5 Å². The van der Waals surface area contributed by atoms with Gasteiger partial charge in [-0.3, -0.25) is 4.90 Å². The predicted octanol–water partition coefficient (Wildman–Crippen LogP) is 5.97. The summed E-state index contributed by atoms with van der Waals surface area (Å²) in [6.45, 7) is 2.89. The Kier molecular flexibility index (Phi) is 9.75. The standard InChI is InChI=1S/C27H32Cl2N2O5/c1-33-14-15-34-16-17-35-21-8-5-19(6-9-21)26-25-22(23-18-20(29)7-10-24(23)30-25)4-2-12-31(26)27(32)36-13-3-11-28/h5-10,18,26,30H,2-4,11-17H2,1H3. The van der Waals surface area contributed by atoms with E-state index in [0.717, 1.165) is 40.8 Å². The van der Waals surface area contributed by atoms with Gasteiger partial charge in [0.15, 0.2) is 0 Å². The van der Waals surface area contributed by atoms with Crippen molar-refractivity contribution >= 4 is 40.2 Å². The van der Waals surface area contributed by atoms with Crippen molar-refractivity contribution < 1.29 is 23.7 Å². The number of rotatable bonds is 11. The van der Waals surface area contributed by atoms with Crippen molar-refractivity contribution in [2.24, 2.45) is 0 Å². The summed E-state index contributed by atoms with van der Waals surface area (Å²) in [5.41, 5.74) is 4.13. The van der Waals surface area contributed by atoms with Crippen LogP contribution in [0.2, 0.25) is 5.02 Å². The van der Waals surface area contributed by atoms with Crippen molar-refractivity contribution in [3.05, 3.63) is 64.3 Å². The van der Waals surface area contributed by atoms with E-state index < -0.39 is 0 Å². The van der Waals surface area contributed by atoms with E-state index in [1.165, 1.54) is 5.56 Å². The van der Waals surface area contributed by atoms with Crippen LogP contribution in [0.25, 0.3) is 10.9 Å².